The second-order valence-electron chi connectivity index (χ2n) is 7.21. The van der Waals surface area contributed by atoms with Crippen LogP contribution in [0, 0.1) is 0 Å². The number of esters is 1. The topological polar surface area (TPSA) is 110 Å². The Labute approximate surface area is 187 Å². The summed E-state index contributed by atoms with van der Waals surface area (Å²) >= 11 is 1.38. The van der Waals surface area contributed by atoms with E-state index in [1.807, 2.05) is 36.4 Å². The van der Waals surface area contributed by atoms with Crippen molar-refractivity contribution in [2.24, 2.45) is 4.99 Å². The fourth-order valence-corrected chi connectivity index (χ4v) is 4.31. The Morgan fingerprint density at radius 3 is 2.69 bits per heavy atom. The molecule has 0 amide bonds. The van der Waals surface area contributed by atoms with E-state index in [1.165, 1.54) is 23.1 Å². The first-order valence-electron chi connectivity index (χ1n) is 10.0. The lowest BCUT2D eigenvalue weighted by molar-refractivity contribution is -0.139. The summed E-state index contributed by atoms with van der Waals surface area (Å²) in [5, 5.41) is 12.9. The van der Waals surface area contributed by atoms with Crippen LogP contribution in [-0.4, -0.2) is 45.2 Å². The number of rotatable bonds is 7. The molecular weight excluding hydrogens is 428 g/mol. The molecule has 0 saturated carbocycles. The molecule has 9 heteroatoms. The van der Waals surface area contributed by atoms with Gasteiger partial charge in [-0.25, -0.2) is 4.98 Å². The molecule has 2 heterocycles. The number of aliphatic imine (C=N–C) groups is 1. The van der Waals surface area contributed by atoms with Crippen LogP contribution in [0.25, 0.3) is 15.3 Å². The van der Waals surface area contributed by atoms with Gasteiger partial charge in [0, 0.05) is 12.3 Å². The number of nitrogens with zero attached hydrogens (tertiary/aromatic N) is 3. The summed E-state index contributed by atoms with van der Waals surface area (Å²) in [6.07, 6.45) is 0.574. The molecule has 2 N–H and O–H groups in total. The first-order valence-corrected chi connectivity index (χ1v) is 10.8. The van der Waals surface area contributed by atoms with Crippen molar-refractivity contribution in [2.45, 2.75) is 19.8 Å². The highest BCUT2D eigenvalue weighted by atomic mass is 32.1. The second kappa shape index (κ2) is 9.19. The Bertz CT molecular complexity index is 1320. The fourth-order valence-electron chi connectivity index (χ4n) is 3.38. The van der Waals surface area contributed by atoms with Crippen LogP contribution in [0.2, 0.25) is 0 Å². The third-order valence-electron chi connectivity index (χ3n) is 5.04. The van der Waals surface area contributed by atoms with E-state index in [1.54, 1.807) is 19.1 Å². The van der Waals surface area contributed by atoms with Gasteiger partial charge in [-0.05, 0) is 43.2 Å². The third-order valence-corrected chi connectivity index (χ3v) is 6.06. The summed E-state index contributed by atoms with van der Waals surface area (Å²) in [6, 6.07) is 14.6. The molecule has 0 unspecified atom stereocenters. The maximum atomic E-state index is 13.3. The normalized spacial score (nSPS) is 11.8. The predicted molar refractivity (Wildman–Crippen MR) is 124 cm³/mol. The number of carbonyl (C=O) groups excluding carboxylic acids is 1. The lowest BCUT2D eigenvalue weighted by atomic mass is 10.1. The number of aromatic nitrogens is 3. The summed E-state index contributed by atoms with van der Waals surface area (Å²) in [7, 11) is 1.31. The number of aromatic amines is 1. The molecule has 0 aliphatic carbocycles. The van der Waals surface area contributed by atoms with Gasteiger partial charge in [0.15, 0.2) is 0 Å². The molecule has 0 aliphatic rings. The third kappa shape index (κ3) is 4.47. The van der Waals surface area contributed by atoms with Crippen LogP contribution in [0.1, 0.15) is 23.7 Å². The van der Waals surface area contributed by atoms with Crippen molar-refractivity contribution in [2.75, 3.05) is 13.7 Å². The van der Waals surface area contributed by atoms with Crippen molar-refractivity contribution >= 4 is 33.2 Å². The smallest absolute Gasteiger partial charge is 0.311 e. The number of para-hydroxylation sites is 1. The van der Waals surface area contributed by atoms with E-state index < -0.39 is 5.97 Å². The van der Waals surface area contributed by atoms with Gasteiger partial charge in [0.25, 0.3) is 5.56 Å². The predicted octanol–water partition coefficient (Wildman–Crippen LogP) is 3.25. The minimum Gasteiger partial charge on any atom is -0.508 e. The quantitative estimate of drug-likeness (QED) is 0.332. The maximum Gasteiger partial charge on any atom is 0.311 e. The number of fused-ring (bicyclic) bond motifs is 1. The molecule has 0 aliphatic heterocycles. The number of benzene rings is 2. The number of ether oxygens (including phenoxy) is 1. The summed E-state index contributed by atoms with van der Waals surface area (Å²) in [4.78, 5) is 34.3. The Morgan fingerprint density at radius 1 is 1.22 bits per heavy atom. The summed E-state index contributed by atoms with van der Waals surface area (Å²) in [6.45, 7) is 2.21. The van der Waals surface area contributed by atoms with E-state index in [4.69, 9.17) is 4.74 Å². The van der Waals surface area contributed by atoms with E-state index >= 15 is 0 Å². The zero-order valence-electron chi connectivity index (χ0n) is 17.7. The van der Waals surface area contributed by atoms with Gasteiger partial charge in [-0.2, -0.15) is 4.68 Å². The van der Waals surface area contributed by atoms with Crippen LogP contribution >= 0.6 is 11.3 Å². The van der Waals surface area contributed by atoms with Crippen molar-refractivity contribution in [3.05, 3.63) is 75.7 Å². The van der Waals surface area contributed by atoms with Gasteiger partial charge in [-0.15, -0.1) is 0 Å². The van der Waals surface area contributed by atoms with Crippen LogP contribution in [0.3, 0.4) is 0 Å². The molecule has 8 nitrogen and oxygen atoms in total. The maximum absolute atomic E-state index is 13.3. The minimum atomic E-state index is -0.458. The highest BCUT2D eigenvalue weighted by Crippen LogP contribution is 2.24. The fraction of sp³-hybridized carbons (Fsp3) is 0.217. The van der Waals surface area contributed by atoms with E-state index in [0.717, 1.165) is 15.8 Å². The van der Waals surface area contributed by atoms with Crippen molar-refractivity contribution in [3.63, 3.8) is 0 Å². The number of methoxy groups -OCH3 is 1. The number of hydrogen-bond donors (Lipinski definition) is 2. The largest absolute Gasteiger partial charge is 0.508 e. The lowest BCUT2D eigenvalue weighted by Gasteiger charge is -2.03. The van der Waals surface area contributed by atoms with Gasteiger partial charge in [0.05, 0.1) is 35.0 Å². The highest BCUT2D eigenvalue weighted by molar-refractivity contribution is 7.20. The molecule has 0 saturated heterocycles. The zero-order valence-corrected chi connectivity index (χ0v) is 18.5. The molecule has 0 bridgehead atoms. The number of nitrogens with one attached hydrogen (secondary N) is 1. The van der Waals surface area contributed by atoms with Gasteiger partial charge in [0.1, 0.15) is 5.75 Å². The molecule has 0 radical (unpaired) electrons. The summed E-state index contributed by atoms with van der Waals surface area (Å²) < 4.78 is 7.11. The Morgan fingerprint density at radius 2 is 1.97 bits per heavy atom. The number of aromatic hydroxyl groups is 1. The molecule has 0 atom stereocenters. The Hall–Kier alpha value is -3.72. The van der Waals surface area contributed by atoms with Gasteiger partial charge in [0.2, 0.25) is 5.13 Å². The molecule has 32 heavy (non-hydrogen) atoms. The summed E-state index contributed by atoms with van der Waals surface area (Å²) in [5.74, 6) is -0.246. The molecule has 2 aromatic carbocycles. The minimum absolute atomic E-state index is 0.0796. The van der Waals surface area contributed by atoms with E-state index in [2.05, 4.69) is 15.1 Å². The van der Waals surface area contributed by atoms with Crippen LogP contribution in [0.15, 0.2) is 58.3 Å². The van der Waals surface area contributed by atoms with E-state index in [9.17, 15) is 14.7 Å². The number of hydrogen-bond acceptors (Lipinski definition) is 7. The van der Waals surface area contributed by atoms with Crippen molar-refractivity contribution in [3.8, 4) is 10.9 Å². The van der Waals surface area contributed by atoms with Crippen molar-refractivity contribution in [1.29, 1.82) is 0 Å². The molecule has 0 fully saturated rings. The molecule has 4 aromatic rings. The number of phenolic OH excluding ortho intramolecular Hbond substituents is 1. The van der Waals surface area contributed by atoms with Crippen LogP contribution in [0.5, 0.6) is 5.75 Å². The second-order valence-corrected chi connectivity index (χ2v) is 8.22. The zero-order chi connectivity index (χ0) is 22.7. The van der Waals surface area contributed by atoms with Crippen LogP contribution in [-0.2, 0) is 22.4 Å². The van der Waals surface area contributed by atoms with E-state index in [0.29, 0.717) is 35.1 Å². The molecule has 4 rings (SSSR count). The molecular formula is C23H22N4O4S. The Kier molecular flexibility index (Phi) is 6.18. The summed E-state index contributed by atoms with van der Waals surface area (Å²) in [5.41, 5.74) is 2.82. The first kappa shape index (κ1) is 21.5. The number of phenols is 1. The van der Waals surface area contributed by atoms with Gasteiger partial charge < -0.3 is 9.84 Å². The number of H-pyrrole nitrogens is 1. The first-order chi connectivity index (χ1) is 15.5. The van der Waals surface area contributed by atoms with Gasteiger partial charge in [-0.3, -0.25) is 19.7 Å². The Balaban J connectivity index is 1.67. The molecule has 164 valence electrons. The average Bonchev–Trinajstić information content (AvgIpc) is 3.35. The highest BCUT2D eigenvalue weighted by Gasteiger charge is 2.21. The molecule has 0 spiro atoms. The van der Waals surface area contributed by atoms with Crippen LogP contribution in [0.4, 0.5) is 0 Å². The SMILES string of the molecule is COC(=O)Cc1[nH]n(-c2nc3ccccc3s2)c(=O)c1C(C)=NCCc1ccc(O)cc1. The van der Waals surface area contributed by atoms with Crippen molar-refractivity contribution in [1.82, 2.24) is 14.8 Å². The van der Waals surface area contributed by atoms with Crippen LogP contribution < -0.4 is 5.56 Å². The van der Waals surface area contributed by atoms with Gasteiger partial charge in [-0.1, -0.05) is 35.6 Å². The van der Waals surface area contributed by atoms with Crippen molar-refractivity contribution < 1.29 is 14.6 Å². The standard InChI is InChI=1S/C23H22N4O4S/c1-14(24-12-11-15-7-9-16(28)10-8-15)21-18(13-20(29)31-2)26-27(22(21)30)23-25-17-5-3-4-6-19(17)32-23/h3-10,26,28H,11-13H2,1-2H3. The number of carbonyl (C=O) groups is 1. The van der Waals surface area contributed by atoms with E-state index in [-0.39, 0.29) is 17.7 Å². The monoisotopic (exact) mass is 450 g/mol. The van der Waals surface area contributed by atoms with Gasteiger partial charge >= 0.3 is 5.97 Å². The molecule has 2 aromatic heterocycles. The number of thiazole rings is 1. The average molecular weight is 451 g/mol. The lowest BCUT2D eigenvalue weighted by Crippen LogP contribution is -2.20.